The summed E-state index contributed by atoms with van der Waals surface area (Å²) >= 11 is 0. The van der Waals surface area contributed by atoms with Crippen LogP contribution < -0.4 is 38.5 Å². The van der Waals surface area contributed by atoms with Crippen LogP contribution in [0.15, 0.2) is 147 Å². The molecule has 1 aliphatic carbocycles. The van der Waals surface area contributed by atoms with Crippen molar-refractivity contribution in [2.45, 2.75) is 85.2 Å². The zero-order chi connectivity index (χ0) is 92.1. The average molecular weight is 1760 g/mol. The number of aromatic nitrogens is 12. The van der Waals surface area contributed by atoms with Gasteiger partial charge in [-0.05, 0) is 113 Å². The number of nitriles is 4. The highest BCUT2D eigenvalue weighted by Crippen LogP contribution is 2.48. The molecular formula is C98H98N24O9. The molecule has 5 fully saturated rings. The van der Waals surface area contributed by atoms with Gasteiger partial charge in [0.15, 0.2) is 0 Å². The zero-order valence-electron chi connectivity index (χ0n) is 73.5. The van der Waals surface area contributed by atoms with Gasteiger partial charge >= 0.3 is 0 Å². The molecular weight excluding hydrogens is 1660 g/mol. The number of hydrogen-bond acceptors (Lipinski definition) is 25. The summed E-state index contributed by atoms with van der Waals surface area (Å²) in [4.78, 5) is 83.7. The van der Waals surface area contributed by atoms with E-state index in [0.717, 1.165) is 123 Å². The number of pyridine rings is 8. The summed E-state index contributed by atoms with van der Waals surface area (Å²) in [7, 11) is 0. The van der Waals surface area contributed by atoms with Gasteiger partial charge in [-0.25, -0.2) is 38.0 Å². The van der Waals surface area contributed by atoms with Crippen molar-refractivity contribution in [1.29, 1.82) is 21.0 Å². The Balaban J connectivity index is 0.000000141. The van der Waals surface area contributed by atoms with Crippen LogP contribution >= 0.6 is 0 Å². The number of carbonyl (C=O) groups excluding carboxylic acids is 4. The first-order chi connectivity index (χ1) is 63.9. The van der Waals surface area contributed by atoms with Gasteiger partial charge in [-0.15, -0.1) is 37.5 Å². The summed E-state index contributed by atoms with van der Waals surface area (Å²) < 4.78 is 29.4. The van der Waals surface area contributed by atoms with Crippen LogP contribution in [0.1, 0.15) is 101 Å². The lowest BCUT2D eigenvalue weighted by Crippen LogP contribution is -2.49. The normalized spacial score (nSPS) is 14.6. The summed E-state index contributed by atoms with van der Waals surface area (Å²) in [6, 6.07) is 32.3. The van der Waals surface area contributed by atoms with Crippen LogP contribution in [-0.2, 0) is 19.2 Å². The van der Waals surface area contributed by atoms with Gasteiger partial charge in [0.05, 0.1) is 139 Å². The molecule has 5 aliphatic rings. The molecule has 0 aromatic carbocycles. The van der Waals surface area contributed by atoms with Crippen molar-refractivity contribution in [1.82, 2.24) is 78.0 Å². The maximum Gasteiger partial charge on any atom is 0.234 e. The highest BCUT2D eigenvalue weighted by Gasteiger charge is 2.44. The van der Waals surface area contributed by atoms with E-state index in [9.17, 15) is 45.3 Å². The van der Waals surface area contributed by atoms with Crippen molar-refractivity contribution < 1.29 is 43.2 Å². The summed E-state index contributed by atoms with van der Waals surface area (Å²) in [5, 5.41) is 65.0. The number of terminal acetylenes is 4. The van der Waals surface area contributed by atoms with Crippen molar-refractivity contribution in [2.24, 2.45) is 5.41 Å². The van der Waals surface area contributed by atoms with E-state index in [1.54, 1.807) is 96.0 Å². The van der Waals surface area contributed by atoms with E-state index >= 15 is 0 Å². The summed E-state index contributed by atoms with van der Waals surface area (Å²) in [5.74, 6) is 16.4. The Labute approximate surface area is 759 Å². The molecule has 16 heterocycles. The molecule has 1 atom stereocenters. The van der Waals surface area contributed by atoms with Crippen LogP contribution in [0.3, 0.4) is 0 Å². The van der Waals surface area contributed by atoms with Crippen molar-refractivity contribution in [3.8, 4) is 141 Å². The average Bonchev–Trinajstić information content (AvgIpc) is 1.70. The predicted molar refractivity (Wildman–Crippen MR) is 493 cm³/mol. The van der Waals surface area contributed by atoms with E-state index < -0.39 is 6.10 Å². The molecule has 4 saturated heterocycles. The molecule has 12 aromatic heterocycles. The Morgan fingerprint density at radius 3 is 0.947 bits per heavy atom. The van der Waals surface area contributed by atoms with E-state index in [1.165, 1.54) is 0 Å². The second-order valence-electron chi connectivity index (χ2n) is 31.5. The van der Waals surface area contributed by atoms with E-state index in [-0.39, 0.29) is 48.3 Å². The summed E-state index contributed by atoms with van der Waals surface area (Å²) in [5.41, 5.74) is 11.5. The van der Waals surface area contributed by atoms with E-state index in [4.69, 9.17) is 49.6 Å². The molecule has 0 bridgehead atoms. The first kappa shape index (κ1) is 91.0. The van der Waals surface area contributed by atoms with Gasteiger partial charge < -0.3 is 63.3 Å². The lowest BCUT2D eigenvalue weighted by atomic mass is 10.0. The molecule has 33 nitrogen and oxygen atoms in total. The first-order valence-corrected chi connectivity index (χ1v) is 43.5. The molecule has 33 heteroatoms. The van der Waals surface area contributed by atoms with E-state index in [0.29, 0.717) is 175 Å². The van der Waals surface area contributed by atoms with Gasteiger partial charge in [-0.3, -0.25) is 19.2 Å². The number of piperazine rings is 4. The van der Waals surface area contributed by atoms with Crippen molar-refractivity contribution in [2.75, 3.05) is 151 Å². The third-order valence-corrected chi connectivity index (χ3v) is 23.3. The Kier molecular flexibility index (Phi) is 29.5. The highest BCUT2D eigenvalue weighted by molar-refractivity contribution is 5.89. The van der Waals surface area contributed by atoms with E-state index in [2.05, 4.69) is 103 Å². The number of anilines is 4. The minimum absolute atomic E-state index is 0.00208. The van der Waals surface area contributed by atoms with Crippen LogP contribution in [0.2, 0.25) is 0 Å². The fourth-order valence-corrected chi connectivity index (χ4v) is 16.2. The molecule has 4 aliphatic heterocycles. The molecule has 4 amide bonds. The highest BCUT2D eigenvalue weighted by atomic mass is 16.5. The SMILES string of the molecule is C#CC1(CC(=O)N2CCN(c3ccc(-c4cc(OCC)cn5ncc(C#N)c45)cn3)CC2)CC1.C#CCC(=O)N1CCN(c2ccc(-c3cc(OCC)cn4ncc(C#N)c34)cn2)CC1.C#CCC(O)CC(=O)N1CCN(c2ccc(-c3cc(OCC)cn4ncc(C#N)c34)cn2)CC1.C#CCCC(=O)N1CCN(c2ccc(-c3cc(OCC)cn4ncc(C#N)c34)cn2)CC1. The molecule has 12 aromatic rings. The van der Waals surface area contributed by atoms with Crippen molar-refractivity contribution >= 4 is 69.0 Å². The van der Waals surface area contributed by atoms with Crippen LogP contribution in [0.25, 0.3) is 66.6 Å². The van der Waals surface area contributed by atoms with Crippen molar-refractivity contribution in [3.05, 3.63) is 169 Å². The molecule has 1 N–H and O–H groups in total. The molecule has 664 valence electrons. The number of aliphatic hydroxyl groups excluding tert-OH is 1. The smallest absolute Gasteiger partial charge is 0.234 e. The van der Waals surface area contributed by atoms with Gasteiger partial charge in [-0.1, -0.05) is 11.8 Å². The van der Waals surface area contributed by atoms with Gasteiger partial charge in [0, 0.05) is 205 Å². The van der Waals surface area contributed by atoms with Gasteiger partial charge in [0.2, 0.25) is 23.6 Å². The lowest BCUT2D eigenvalue weighted by Gasteiger charge is -2.36. The molecule has 17 rings (SSSR count). The van der Waals surface area contributed by atoms with Crippen LogP contribution in [0, 0.1) is 100 Å². The third kappa shape index (κ3) is 21.2. The van der Waals surface area contributed by atoms with E-state index in [1.807, 2.05) is 116 Å². The third-order valence-electron chi connectivity index (χ3n) is 23.3. The number of rotatable bonds is 24. The number of fused-ring (bicyclic) bond motifs is 4. The Hall–Kier alpha value is -16.2. The molecule has 1 saturated carbocycles. The quantitative estimate of drug-likeness (QED) is 0.0549. The number of aliphatic hydroxyl groups is 1. The minimum atomic E-state index is -0.797. The standard InChI is InChI=1S/C26H26N6O2.C25H26N6O3.C24H24N6O2.C23H22N6O2/c1-3-26(7-8-26)14-24(33)31-11-9-30(10-12-31)23-6-5-19(16-28-23)22-13-21(34-4-2)18-32-25(22)20(15-27)17-29-32;1-3-5-20(32)12-24(33)30-10-8-29(9-11-30)23-7-6-18(15-27-23)22-13-21(34-4-2)17-31-25(22)19(14-26)16-28-31;1-3-5-6-23(31)29-11-9-28(10-12-29)22-8-7-18(15-26-22)21-13-20(32-4-2)17-30-24(21)19(14-25)16-27-30;1-3-5-22(30)28-10-8-27(9-11-28)21-7-6-17(14-25-21)20-12-19(31-4-2)16-29-23(20)18(13-24)15-26-29/h1,5-6,13,16-18H,4,7-12,14H2,2H3;1,6-7,13,15-17,20,32H,4-5,8-12H2,2H3;1,7-8,13,15-17H,4-6,9-12H2,2H3;1,6-7,12,14-16H,4-5,8-11H2,2H3. The molecule has 131 heavy (non-hydrogen) atoms. The topological polar surface area (TPSA) is 367 Å². The Bertz CT molecular complexity index is 6490. The monoisotopic (exact) mass is 1750 g/mol. The Morgan fingerprint density at radius 1 is 0.397 bits per heavy atom. The number of carbonyl (C=O) groups is 4. The van der Waals surface area contributed by atoms with Crippen LogP contribution in [0.5, 0.6) is 23.0 Å². The molecule has 0 radical (unpaired) electrons. The summed E-state index contributed by atoms with van der Waals surface area (Å²) in [6.07, 6.45) is 44.6. The fraction of sp³-hybridized carbons (Fsp3) is 0.347. The number of ether oxygens (including phenoxy) is 4. The maximum atomic E-state index is 12.6. The van der Waals surface area contributed by atoms with Gasteiger partial charge in [0.1, 0.15) is 70.5 Å². The fourth-order valence-electron chi connectivity index (χ4n) is 16.2. The lowest BCUT2D eigenvalue weighted by molar-refractivity contribution is -0.134. The maximum absolute atomic E-state index is 12.6. The summed E-state index contributed by atoms with van der Waals surface area (Å²) in [6.45, 7) is 20.4. The van der Waals surface area contributed by atoms with Crippen LogP contribution in [0.4, 0.5) is 23.3 Å². The van der Waals surface area contributed by atoms with Gasteiger partial charge in [0.25, 0.3) is 0 Å². The van der Waals surface area contributed by atoms with Crippen LogP contribution in [-0.4, -0.2) is 244 Å². The predicted octanol–water partition coefficient (Wildman–Crippen LogP) is 10.3. The van der Waals surface area contributed by atoms with Gasteiger partial charge in [-0.2, -0.15) is 41.4 Å². The number of amides is 4. The second-order valence-corrected chi connectivity index (χ2v) is 31.5. The van der Waals surface area contributed by atoms with Crippen molar-refractivity contribution in [3.63, 3.8) is 0 Å². The minimum Gasteiger partial charge on any atom is -0.492 e. The first-order valence-electron chi connectivity index (χ1n) is 43.5. The zero-order valence-corrected chi connectivity index (χ0v) is 73.5. The molecule has 1 unspecified atom stereocenters. The second kappa shape index (κ2) is 42.4. The Morgan fingerprint density at radius 2 is 0.695 bits per heavy atom. The number of hydrogen-bond donors (Lipinski definition) is 1. The largest absolute Gasteiger partial charge is 0.492 e. The number of nitrogens with zero attached hydrogens (tertiary/aromatic N) is 24. The molecule has 0 spiro atoms.